The van der Waals surface area contributed by atoms with E-state index in [-0.39, 0.29) is 5.75 Å². The molecule has 27 heavy (non-hydrogen) atoms. The summed E-state index contributed by atoms with van der Waals surface area (Å²) in [5, 5.41) is 8.63. The van der Waals surface area contributed by atoms with Gasteiger partial charge in [-0.1, -0.05) is 90.4 Å². The van der Waals surface area contributed by atoms with E-state index in [0.29, 0.717) is 12.7 Å². The number of sulfonamides is 1. The van der Waals surface area contributed by atoms with Crippen LogP contribution in [0.1, 0.15) is 103 Å². The quantitative estimate of drug-likeness (QED) is 0.230. The number of carboxylic acid groups (broad SMARTS) is 1. The maximum atomic E-state index is 11.8. The lowest BCUT2D eigenvalue weighted by Gasteiger charge is -2.11. The zero-order chi connectivity index (χ0) is 20.4. The van der Waals surface area contributed by atoms with Crippen LogP contribution in [0.5, 0.6) is 0 Å². The molecule has 160 valence electrons. The zero-order valence-corrected chi connectivity index (χ0v) is 17.8. The normalized spacial score (nSPS) is 12.8. The zero-order valence-electron chi connectivity index (χ0n) is 17.0. The molecular weight excluding hydrogens is 366 g/mol. The Hall–Kier alpha value is -0.950. The molecule has 0 saturated heterocycles. The summed E-state index contributed by atoms with van der Waals surface area (Å²) < 4.78 is 25.8. The van der Waals surface area contributed by atoms with Crippen LogP contribution in [0.25, 0.3) is 0 Å². The van der Waals surface area contributed by atoms with Crippen LogP contribution in [-0.2, 0) is 19.6 Å². The van der Waals surface area contributed by atoms with Crippen molar-refractivity contribution in [1.29, 1.82) is 0 Å². The number of aldehydes is 1. The van der Waals surface area contributed by atoms with Gasteiger partial charge in [0.25, 0.3) is 0 Å². The van der Waals surface area contributed by atoms with E-state index in [1.807, 2.05) is 0 Å². The first-order valence-electron chi connectivity index (χ1n) is 10.6. The Labute approximate surface area is 165 Å². The number of carboxylic acids is 1. The van der Waals surface area contributed by atoms with Crippen LogP contribution in [-0.4, -0.2) is 37.6 Å². The molecule has 1 atom stereocenters. The second-order valence-corrected chi connectivity index (χ2v) is 9.25. The van der Waals surface area contributed by atoms with Crippen molar-refractivity contribution < 1.29 is 23.1 Å². The third-order valence-electron chi connectivity index (χ3n) is 4.66. The van der Waals surface area contributed by atoms with Crippen molar-refractivity contribution in [2.24, 2.45) is 0 Å². The van der Waals surface area contributed by atoms with Gasteiger partial charge in [0.2, 0.25) is 10.0 Å². The molecule has 0 rings (SSSR count). The fourth-order valence-electron chi connectivity index (χ4n) is 3.08. The van der Waals surface area contributed by atoms with Crippen LogP contribution in [0.3, 0.4) is 0 Å². The van der Waals surface area contributed by atoms with Gasteiger partial charge in [0, 0.05) is 0 Å². The monoisotopic (exact) mass is 405 g/mol. The number of hydrogen-bond donors (Lipinski definition) is 2. The molecule has 0 bridgehead atoms. The second kappa shape index (κ2) is 17.2. The summed E-state index contributed by atoms with van der Waals surface area (Å²) >= 11 is 0. The van der Waals surface area contributed by atoms with E-state index in [4.69, 9.17) is 5.11 Å². The minimum absolute atomic E-state index is 0.0605. The number of unbranched alkanes of at least 4 members (excludes halogenated alkanes) is 13. The molecule has 7 heteroatoms. The van der Waals surface area contributed by atoms with Crippen LogP contribution >= 0.6 is 0 Å². The summed E-state index contributed by atoms with van der Waals surface area (Å²) in [5.74, 6) is -1.26. The number of hydrogen-bond acceptors (Lipinski definition) is 4. The fourth-order valence-corrected chi connectivity index (χ4v) is 4.38. The van der Waals surface area contributed by atoms with E-state index in [0.717, 1.165) is 19.3 Å². The molecule has 0 amide bonds. The lowest BCUT2D eigenvalue weighted by Crippen LogP contribution is -2.38. The van der Waals surface area contributed by atoms with Gasteiger partial charge < -0.3 is 9.90 Å². The number of carbonyl (C=O) groups excluding carboxylic acids is 1. The molecule has 0 aliphatic carbocycles. The van der Waals surface area contributed by atoms with Crippen LogP contribution in [0.2, 0.25) is 0 Å². The summed E-state index contributed by atoms with van der Waals surface area (Å²) in [5.41, 5.74) is 0. The minimum atomic E-state index is -3.60. The molecule has 0 aliphatic heterocycles. The molecule has 0 saturated carbocycles. The average molecular weight is 406 g/mol. The summed E-state index contributed by atoms with van der Waals surface area (Å²) in [7, 11) is -3.60. The third-order valence-corrected chi connectivity index (χ3v) is 6.14. The number of nitrogens with one attached hydrogen (secondary N) is 1. The van der Waals surface area contributed by atoms with Crippen molar-refractivity contribution in [2.75, 3.05) is 5.75 Å². The molecule has 0 unspecified atom stereocenters. The van der Waals surface area contributed by atoms with Gasteiger partial charge in [-0.2, -0.15) is 0 Å². The lowest BCUT2D eigenvalue weighted by molar-refractivity contribution is -0.138. The maximum absolute atomic E-state index is 11.8. The first-order chi connectivity index (χ1) is 12.9. The van der Waals surface area contributed by atoms with Crippen molar-refractivity contribution in [3.63, 3.8) is 0 Å². The minimum Gasteiger partial charge on any atom is -0.481 e. The van der Waals surface area contributed by atoms with E-state index in [1.54, 1.807) is 0 Å². The molecule has 0 aromatic rings. The number of carbonyl (C=O) groups is 2. The maximum Gasteiger partial charge on any atom is 0.305 e. The molecule has 0 fully saturated rings. The van der Waals surface area contributed by atoms with Crippen molar-refractivity contribution in [3.8, 4) is 0 Å². The number of rotatable bonds is 20. The summed E-state index contributed by atoms with van der Waals surface area (Å²) in [6, 6.07) is -1.18. The first-order valence-corrected chi connectivity index (χ1v) is 12.2. The molecule has 0 heterocycles. The Kier molecular flexibility index (Phi) is 16.6. The number of aliphatic carboxylic acids is 1. The highest BCUT2D eigenvalue weighted by Gasteiger charge is 2.19. The van der Waals surface area contributed by atoms with Gasteiger partial charge in [-0.05, 0) is 6.42 Å². The molecule has 0 aromatic carbocycles. The van der Waals surface area contributed by atoms with Crippen molar-refractivity contribution in [1.82, 2.24) is 4.72 Å². The summed E-state index contributed by atoms with van der Waals surface area (Å²) in [4.78, 5) is 21.3. The van der Waals surface area contributed by atoms with Crippen LogP contribution < -0.4 is 4.72 Å². The van der Waals surface area contributed by atoms with E-state index < -0.39 is 28.5 Å². The van der Waals surface area contributed by atoms with Crippen LogP contribution in [0.4, 0.5) is 0 Å². The van der Waals surface area contributed by atoms with Gasteiger partial charge in [-0.3, -0.25) is 4.79 Å². The highest BCUT2D eigenvalue weighted by molar-refractivity contribution is 7.89. The summed E-state index contributed by atoms with van der Waals surface area (Å²) in [6.07, 6.45) is 16.5. The van der Waals surface area contributed by atoms with Crippen molar-refractivity contribution in [2.45, 2.75) is 109 Å². The van der Waals surface area contributed by atoms with Gasteiger partial charge in [0.05, 0.1) is 18.2 Å². The van der Waals surface area contributed by atoms with Crippen molar-refractivity contribution in [3.05, 3.63) is 0 Å². The fraction of sp³-hybridized carbons (Fsp3) is 0.900. The average Bonchev–Trinajstić information content (AvgIpc) is 2.60. The SMILES string of the molecule is CCCCCCCCCCCCCCCCS(=O)(=O)N[C@H](C=O)CC(=O)O. The predicted octanol–water partition coefficient (Wildman–Crippen LogP) is 4.43. The molecule has 0 spiro atoms. The Bertz CT molecular complexity index is 479. The summed E-state index contributed by atoms with van der Waals surface area (Å²) in [6.45, 7) is 2.24. The molecule has 0 aromatic heterocycles. The van der Waals surface area contributed by atoms with Gasteiger partial charge >= 0.3 is 5.97 Å². The Morgan fingerprint density at radius 3 is 1.63 bits per heavy atom. The predicted molar refractivity (Wildman–Crippen MR) is 109 cm³/mol. The Morgan fingerprint density at radius 1 is 0.852 bits per heavy atom. The highest BCUT2D eigenvalue weighted by atomic mass is 32.2. The van der Waals surface area contributed by atoms with E-state index >= 15 is 0 Å². The van der Waals surface area contributed by atoms with Crippen LogP contribution in [0, 0.1) is 0 Å². The molecule has 0 radical (unpaired) electrons. The first kappa shape index (κ1) is 26.1. The Balaban J connectivity index is 3.52. The molecule has 2 N–H and O–H groups in total. The molecule has 0 aliphatic rings. The smallest absolute Gasteiger partial charge is 0.305 e. The van der Waals surface area contributed by atoms with E-state index in [2.05, 4.69) is 11.6 Å². The van der Waals surface area contributed by atoms with Gasteiger partial charge in [-0.15, -0.1) is 0 Å². The van der Waals surface area contributed by atoms with E-state index in [9.17, 15) is 18.0 Å². The highest BCUT2D eigenvalue weighted by Crippen LogP contribution is 2.13. The Morgan fingerprint density at radius 2 is 1.26 bits per heavy atom. The third kappa shape index (κ3) is 18.2. The van der Waals surface area contributed by atoms with Gasteiger partial charge in [0.1, 0.15) is 6.29 Å². The second-order valence-electron chi connectivity index (χ2n) is 7.37. The lowest BCUT2D eigenvalue weighted by atomic mass is 10.0. The standard InChI is InChI=1S/C20H39NO5S/c1-2-3-4-5-6-7-8-9-10-11-12-13-14-15-16-27(25,26)21-19(18-22)17-20(23)24/h18-19,21H,2-17H2,1H3,(H,23,24)/t19-/m0/s1. The van der Waals surface area contributed by atoms with Gasteiger partial charge in [-0.25, -0.2) is 13.1 Å². The largest absolute Gasteiger partial charge is 0.481 e. The molecule has 6 nitrogen and oxygen atoms in total. The van der Waals surface area contributed by atoms with Crippen LogP contribution in [0.15, 0.2) is 0 Å². The molecular formula is C20H39NO5S. The topological polar surface area (TPSA) is 101 Å². The van der Waals surface area contributed by atoms with Gasteiger partial charge in [0.15, 0.2) is 0 Å². The van der Waals surface area contributed by atoms with Crippen molar-refractivity contribution >= 4 is 22.3 Å². The van der Waals surface area contributed by atoms with E-state index in [1.165, 1.54) is 64.2 Å².